The van der Waals surface area contributed by atoms with Gasteiger partial charge in [-0.3, -0.25) is 0 Å². The number of benzene rings is 1. The normalized spacial score (nSPS) is 22.1. The molecule has 1 aliphatic rings. The average Bonchev–Trinajstić information content (AvgIpc) is 2.53. The zero-order valence-electron chi connectivity index (χ0n) is 13.2. The van der Waals surface area contributed by atoms with Gasteiger partial charge in [0.05, 0.1) is 19.2 Å². The zero-order chi connectivity index (χ0) is 15.2. The van der Waals surface area contributed by atoms with Crippen molar-refractivity contribution in [3.63, 3.8) is 0 Å². The van der Waals surface area contributed by atoms with E-state index in [1.165, 1.54) is 32.1 Å². The van der Waals surface area contributed by atoms with Crippen LogP contribution in [0.2, 0.25) is 5.02 Å². The smallest absolute Gasteiger partial charge is 0.179 e. The zero-order valence-corrected chi connectivity index (χ0v) is 14.0. The van der Waals surface area contributed by atoms with E-state index in [9.17, 15) is 0 Å². The summed E-state index contributed by atoms with van der Waals surface area (Å²) in [5.74, 6) is 2.17. The van der Waals surface area contributed by atoms with E-state index < -0.39 is 0 Å². The van der Waals surface area contributed by atoms with Crippen molar-refractivity contribution in [3.05, 3.63) is 22.7 Å². The van der Waals surface area contributed by atoms with Gasteiger partial charge in [-0.1, -0.05) is 43.9 Å². The van der Waals surface area contributed by atoms with E-state index >= 15 is 0 Å². The van der Waals surface area contributed by atoms with Crippen molar-refractivity contribution in [1.29, 1.82) is 0 Å². The molecule has 118 valence electrons. The fourth-order valence-electron chi connectivity index (χ4n) is 3.17. The van der Waals surface area contributed by atoms with Crippen molar-refractivity contribution in [2.24, 2.45) is 5.92 Å². The molecule has 0 amide bonds. The summed E-state index contributed by atoms with van der Waals surface area (Å²) >= 11 is 6.42. The van der Waals surface area contributed by atoms with Crippen molar-refractivity contribution in [1.82, 2.24) is 5.32 Å². The Morgan fingerprint density at radius 2 is 2.05 bits per heavy atom. The van der Waals surface area contributed by atoms with Gasteiger partial charge in [0.25, 0.3) is 0 Å². The number of nitrogens with one attached hydrogen (secondary N) is 1. The summed E-state index contributed by atoms with van der Waals surface area (Å²) < 4.78 is 10.6. The summed E-state index contributed by atoms with van der Waals surface area (Å²) in [7, 11) is 3.24. The summed E-state index contributed by atoms with van der Waals surface area (Å²) in [5, 5.41) is 4.30. The van der Waals surface area contributed by atoms with E-state index in [0.29, 0.717) is 22.6 Å². The van der Waals surface area contributed by atoms with Crippen molar-refractivity contribution >= 4 is 11.6 Å². The average molecular weight is 312 g/mol. The van der Waals surface area contributed by atoms with E-state index in [0.717, 1.165) is 18.0 Å². The third-order valence-corrected chi connectivity index (χ3v) is 4.92. The minimum atomic E-state index is 0.605. The van der Waals surface area contributed by atoms with Gasteiger partial charge < -0.3 is 14.8 Å². The quantitative estimate of drug-likeness (QED) is 0.844. The molecule has 21 heavy (non-hydrogen) atoms. The molecule has 2 unspecified atom stereocenters. The molecular formula is C17H26ClNO2. The minimum absolute atomic E-state index is 0.605. The Morgan fingerprint density at radius 3 is 2.71 bits per heavy atom. The van der Waals surface area contributed by atoms with Crippen LogP contribution in [0.25, 0.3) is 0 Å². The second-order valence-electron chi connectivity index (χ2n) is 5.79. The first-order valence-electron chi connectivity index (χ1n) is 7.82. The van der Waals surface area contributed by atoms with Crippen molar-refractivity contribution < 1.29 is 9.47 Å². The number of ether oxygens (including phenoxy) is 2. The lowest BCUT2D eigenvalue weighted by Gasteiger charge is -2.29. The minimum Gasteiger partial charge on any atom is -0.493 e. The predicted octanol–water partition coefficient (Wildman–Crippen LogP) is 4.42. The maximum atomic E-state index is 6.42. The van der Waals surface area contributed by atoms with Crippen LogP contribution in [0.4, 0.5) is 0 Å². The fourth-order valence-corrected chi connectivity index (χ4v) is 3.47. The molecule has 1 saturated carbocycles. The second-order valence-corrected chi connectivity index (χ2v) is 6.17. The van der Waals surface area contributed by atoms with Crippen molar-refractivity contribution in [3.8, 4) is 11.5 Å². The Hall–Kier alpha value is -0.930. The monoisotopic (exact) mass is 311 g/mol. The predicted molar refractivity (Wildman–Crippen MR) is 87.4 cm³/mol. The van der Waals surface area contributed by atoms with Crippen LogP contribution in [-0.4, -0.2) is 20.3 Å². The maximum absolute atomic E-state index is 6.42. The van der Waals surface area contributed by atoms with Crippen LogP contribution in [0.5, 0.6) is 11.5 Å². The van der Waals surface area contributed by atoms with Crippen LogP contribution in [0, 0.1) is 5.92 Å². The van der Waals surface area contributed by atoms with Gasteiger partial charge in [0.15, 0.2) is 11.5 Å². The summed E-state index contributed by atoms with van der Waals surface area (Å²) in [6, 6.07) is 4.53. The highest BCUT2D eigenvalue weighted by atomic mass is 35.5. The number of methoxy groups -OCH3 is 2. The molecular weight excluding hydrogens is 286 g/mol. The maximum Gasteiger partial charge on any atom is 0.179 e. The molecule has 2 atom stereocenters. The topological polar surface area (TPSA) is 30.5 Å². The van der Waals surface area contributed by atoms with Gasteiger partial charge in [-0.05, 0) is 30.4 Å². The molecule has 0 saturated heterocycles. The largest absolute Gasteiger partial charge is 0.493 e. The van der Waals surface area contributed by atoms with Crippen LogP contribution in [0.3, 0.4) is 0 Å². The summed E-state index contributed by atoms with van der Waals surface area (Å²) in [5.41, 5.74) is 1.06. The Labute approximate surface area is 133 Å². The van der Waals surface area contributed by atoms with Gasteiger partial charge in [-0.25, -0.2) is 0 Å². The summed E-state index contributed by atoms with van der Waals surface area (Å²) in [4.78, 5) is 0. The third-order valence-electron chi connectivity index (χ3n) is 4.51. The molecule has 0 radical (unpaired) electrons. The Bertz CT molecular complexity index is 464. The molecule has 2 rings (SSSR count). The van der Waals surface area contributed by atoms with Crippen LogP contribution >= 0.6 is 11.6 Å². The number of rotatable bonds is 6. The van der Waals surface area contributed by atoms with Gasteiger partial charge in [-0.15, -0.1) is 0 Å². The Morgan fingerprint density at radius 1 is 1.24 bits per heavy atom. The first-order valence-corrected chi connectivity index (χ1v) is 8.20. The first kappa shape index (κ1) is 16.4. The van der Waals surface area contributed by atoms with E-state index in [1.807, 2.05) is 12.1 Å². The second kappa shape index (κ2) is 7.90. The molecule has 1 fully saturated rings. The van der Waals surface area contributed by atoms with Crippen molar-refractivity contribution in [2.75, 3.05) is 14.2 Å². The van der Waals surface area contributed by atoms with Crippen LogP contribution in [0.1, 0.15) is 44.6 Å². The third kappa shape index (κ3) is 4.04. The van der Waals surface area contributed by atoms with Crippen LogP contribution in [0.15, 0.2) is 12.1 Å². The highest BCUT2D eigenvalue weighted by Gasteiger charge is 2.21. The van der Waals surface area contributed by atoms with E-state index in [4.69, 9.17) is 21.1 Å². The lowest BCUT2D eigenvalue weighted by Crippen LogP contribution is -2.33. The molecule has 0 bridgehead atoms. The molecule has 3 nitrogen and oxygen atoms in total. The molecule has 4 heteroatoms. The summed E-state index contributed by atoms with van der Waals surface area (Å²) in [6.07, 6.45) is 6.54. The van der Waals surface area contributed by atoms with Gasteiger partial charge >= 0.3 is 0 Å². The van der Waals surface area contributed by atoms with Gasteiger partial charge in [-0.2, -0.15) is 0 Å². The van der Waals surface area contributed by atoms with E-state index in [-0.39, 0.29) is 0 Å². The molecule has 1 N–H and O–H groups in total. The highest BCUT2D eigenvalue weighted by Crippen LogP contribution is 2.37. The van der Waals surface area contributed by atoms with Gasteiger partial charge in [0.1, 0.15) is 0 Å². The molecule has 0 heterocycles. The lowest BCUT2D eigenvalue weighted by atomic mass is 9.84. The standard InChI is InChI=1S/C17H26ClNO2/c1-4-12-6-5-7-14(10-12)19-11-13-8-9-15(20-2)17(21-3)16(13)18/h8-9,12,14,19H,4-7,10-11H2,1-3H3. The SMILES string of the molecule is CCC1CCCC(NCc2ccc(OC)c(OC)c2Cl)C1. The van der Waals surface area contributed by atoms with Crippen molar-refractivity contribution in [2.45, 2.75) is 51.6 Å². The lowest BCUT2D eigenvalue weighted by molar-refractivity contribution is 0.278. The van der Waals surface area contributed by atoms with E-state index in [1.54, 1.807) is 14.2 Å². The van der Waals surface area contributed by atoms with Gasteiger partial charge in [0, 0.05) is 12.6 Å². The molecule has 0 spiro atoms. The molecule has 1 aliphatic carbocycles. The number of hydrogen-bond donors (Lipinski definition) is 1. The van der Waals surface area contributed by atoms with Crippen LogP contribution < -0.4 is 14.8 Å². The highest BCUT2D eigenvalue weighted by molar-refractivity contribution is 6.33. The summed E-state index contributed by atoms with van der Waals surface area (Å²) in [6.45, 7) is 3.07. The van der Waals surface area contributed by atoms with Gasteiger partial charge in [0.2, 0.25) is 0 Å². The van der Waals surface area contributed by atoms with Crippen LogP contribution in [-0.2, 0) is 6.54 Å². The first-order chi connectivity index (χ1) is 10.2. The molecule has 0 aromatic heterocycles. The van der Waals surface area contributed by atoms with E-state index in [2.05, 4.69) is 12.2 Å². The number of hydrogen-bond acceptors (Lipinski definition) is 3. The Balaban J connectivity index is 2.00. The molecule has 1 aromatic carbocycles. The molecule has 1 aromatic rings. The number of halogens is 1. The molecule has 0 aliphatic heterocycles. The fraction of sp³-hybridized carbons (Fsp3) is 0.647. The Kier molecular flexibility index (Phi) is 6.19.